The number of hydrazine groups is 1. The first kappa shape index (κ1) is 13.2. The largest absolute Gasteiger partial charge is 0.339 e. The third-order valence-corrected chi connectivity index (χ3v) is 3.24. The minimum Gasteiger partial charge on any atom is -0.275 e. The van der Waals surface area contributed by atoms with Crippen LogP contribution in [0.5, 0.6) is 0 Å². The summed E-state index contributed by atoms with van der Waals surface area (Å²) in [7, 11) is -3.84. The second-order valence-corrected chi connectivity index (χ2v) is 5.33. The number of imide groups is 1. The zero-order chi connectivity index (χ0) is 13.9. The van der Waals surface area contributed by atoms with Gasteiger partial charge in [-0.1, -0.05) is 30.3 Å². The number of amides is 3. The molecule has 8 heteroatoms. The summed E-state index contributed by atoms with van der Waals surface area (Å²) in [6, 6.07) is 8.03. The fourth-order valence-corrected chi connectivity index (χ4v) is 2.28. The maximum atomic E-state index is 11.7. The van der Waals surface area contributed by atoms with Crippen LogP contribution in [0.1, 0.15) is 5.56 Å². The van der Waals surface area contributed by atoms with Gasteiger partial charge in [0.2, 0.25) is 5.91 Å². The number of hydrogen-bond acceptors (Lipinski definition) is 4. The number of carbonyl (C=O) groups is 2. The molecule has 1 heterocycles. The van der Waals surface area contributed by atoms with Gasteiger partial charge in [-0.05, 0) is 11.6 Å². The molecule has 1 fully saturated rings. The number of rotatable bonds is 4. The molecule has 3 amide bonds. The quantitative estimate of drug-likeness (QED) is 0.762. The van der Waals surface area contributed by atoms with E-state index < -0.39 is 22.0 Å². The highest BCUT2D eigenvalue weighted by Gasteiger charge is 2.29. The summed E-state index contributed by atoms with van der Waals surface area (Å²) in [5, 5.41) is 3.59. The van der Waals surface area contributed by atoms with Crippen molar-refractivity contribution in [2.24, 2.45) is 0 Å². The molecule has 0 atom stereocenters. The highest BCUT2D eigenvalue weighted by Crippen LogP contribution is 2.04. The van der Waals surface area contributed by atoms with Crippen LogP contribution in [-0.4, -0.2) is 31.9 Å². The monoisotopic (exact) mass is 281 g/mol. The van der Waals surface area contributed by atoms with Gasteiger partial charge in [-0.25, -0.2) is 18.2 Å². The first-order chi connectivity index (χ1) is 8.96. The van der Waals surface area contributed by atoms with Gasteiger partial charge in [0.15, 0.2) is 0 Å². The number of urea groups is 1. The number of carbonyl (C=O) groups excluding carboxylic acids is 2. The summed E-state index contributed by atoms with van der Waals surface area (Å²) in [6.45, 7) is -0.336. The molecule has 19 heavy (non-hydrogen) atoms. The predicted octanol–water partition coefficient (Wildman–Crippen LogP) is 0.0435. The van der Waals surface area contributed by atoms with Crippen molar-refractivity contribution < 1.29 is 18.0 Å². The van der Waals surface area contributed by atoms with Crippen LogP contribution in [0.15, 0.2) is 35.7 Å². The molecule has 2 rings (SSSR count). The van der Waals surface area contributed by atoms with Crippen molar-refractivity contribution in [3.05, 3.63) is 41.3 Å². The van der Waals surface area contributed by atoms with Crippen LogP contribution in [0.4, 0.5) is 4.79 Å². The summed E-state index contributed by atoms with van der Waals surface area (Å²) < 4.78 is 23.4. The van der Waals surface area contributed by atoms with Crippen LogP contribution < -0.4 is 10.1 Å². The van der Waals surface area contributed by atoms with Gasteiger partial charge < -0.3 is 0 Å². The summed E-state index contributed by atoms with van der Waals surface area (Å²) in [5.41, 5.74) is 0.704. The van der Waals surface area contributed by atoms with Gasteiger partial charge in [-0.3, -0.25) is 10.1 Å². The molecule has 0 saturated carbocycles. The molecule has 2 N–H and O–H groups in total. The standard InChI is InChI=1S/C11H11N3O4S/c15-10-8-14(11(16)12-10)13-19(17,18)7-6-9-4-2-1-3-5-9/h1-7,13H,8H2,(H,12,15,16)/b7-6+. The lowest BCUT2D eigenvalue weighted by Crippen LogP contribution is -2.43. The highest BCUT2D eigenvalue weighted by molar-refractivity contribution is 7.92. The van der Waals surface area contributed by atoms with Crippen LogP contribution >= 0.6 is 0 Å². The number of sulfonamides is 1. The molecule has 0 spiro atoms. The Morgan fingerprint density at radius 3 is 2.47 bits per heavy atom. The highest BCUT2D eigenvalue weighted by atomic mass is 32.2. The zero-order valence-corrected chi connectivity index (χ0v) is 10.6. The van der Waals surface area contributed by atoms with Gasteiger partial charge in [0.05, 0.1) is 0 Å². The van der Waals surface area contributed by atoms with Crippen LogP contribution in [-0.2, 0) is 14.8 Å². The van der Waals surface area contributed by atoms with E-state index in [-0.39, 0.29) is 6.54 Å². The topological polar surface area (TPSA) is 95.6 Å². The second-order valence-electron chi connectivity index (χ2n) is 3.79. The van der Waals surface area contributed by atoms with Gasteiger partial charge in [-0.2, -0.15) is 0 Å². The normalized spacial score (nSPS) is 16.1. The van der Waals surface area contributed by atoms with Gasteiger partial charge in [0.1, 0.15) is 6.54 Å². The van der Waals surface area contributed by atoms with Crippen molar-refractivity contribution in [3.8, 4) is 0 Å². The first-order valence-electron chi connectivity index (χ1n) is 5.33. The molecule has 1 aromatic carbocycles. The Hall–Kier alpha value is -2.19. The molecule has 100 valence electrons. The van der Waals surface area contributed by atoms with Gasteiger partial charge in [0, 0.05) is 5.41 Å². The Labute approximate surface area is 109 Å². The van der Waals surface area contributed by atoms with Gasteiger partial charge in [-0.15, -0.1) is 4.83 Å². The lowest BCUT2D eigenvalue weighted by Gasteiger charge is -2.12. The van der Waals surface area contributed by atoms with E-state index >= 15 is 0 Å². The van der Waals surface area contributed by atoms with Crippen molar-refractivity contribution >= 4 is 28.0 Å². The molecule has 1 saturated heterocycles. The fraction of sp³-hybridized carbons (Fsp3) is 0.0909. The summed E-state index contributed by atoms with van der Waals surface area (Å²) in [5.74, 6) is -0.556. The molecule has 7 nitrogen and oxygen atoms in total. The Morgan fingerprint density at radius 2 is 1.89 bits per heavy atom. The van der Waals surface area contributed by atoms with Crippen LogP contribution in [0, 0.1) is 0 Å². The lowest BCUT2D eigenvalue weighted by molar-refractivity contribution is -0.118. The van der Waals surface area contributed by atoms with Crippen molar-refractivity contribution in [2.75, 3.05) is 6.54 Å². The molecule has 1 aromatic rings. The SMILES string of the molecule is O=C1CN(NS(=O)(=O)/C=C/c2ccccc2)C(=O)N1. The molecule has 0 unspecified atom stereocenters. The van der Waals surface area contributed by atoms with E-state index in [2.05, 4.69) is 0 Å². The van der Waals surface area contributed by atoms with E-state index in [1.807, 2.05) is 16.2 Å². The van der Waals surface area contributed by atoms with E-state index in [9.17, 15) is 18.0 Å². The van der Waals surface area contributed by atoms with Crippen molar-refractivity contribution in [3.63, 3.8) is 0 Å². The third-order valence-electron chi connectivity index (χ3n) is 2.27. The van der Waals surface area contributed by atoms with Crippen molar-refractivity contribution in [1.29, 1.82) is 0 Å². The number of nitrogens with zero attached hydrogens (tertiary/aromatic N) is 1. The zero-order valence-electron chi connectivity index (χ0n) is 9.74. The Morgan fingerprint density at radius 1 is 1.21 bits per heavy atom. The van der Waals surface area contributed by atoms with E-state index in [0.29, 0.717) is 10.6 Å². The van der Waals surface area contributed by atoms with Gasteiger partial charge in [0.25, 0.3) is 10.0 Å². The molecular formula is C11H11N3O4S. The summed E-state index contributed by atoms with van der Waals surface area (Å²) >= 11 is 0. The molecular weight excluding hydrogens is 270 g/mol. The Kier molecular flexibility index (Phi) is 3.63. The van der Waals surface area contributed by atoms with E-state index in [4.69, 9.17) is 0 Å². The number of benzene rings is 1. The van der Waals surface area contributed by atoms with Crippen LogP contribution in [0.3, 0.4) is 0 Å². The van der Waals surface area contributed by atoms with E-state index in [1.54, 1.807) is 24.3 Å². The molecule has 0 aliphatic carbocycles. The molecule has 0 radical (unpaired) electrons. The minimum absolute atomic E-state index is 0.336. The predicted molar refractivity (Wildman–Crippen MR) is 67.8 cm³/mol. The van der Waals surface area contributed by atoms with Crippen molar-refractivity contribution in [1.82, 2.24) is 15.2 Å². The maximum absolute atomic E-state index is 11.7. The first-order valence-corrected chi connectivity index (χ1v) is 6.88. The minimum atomic E-state index is -3.84. The van der Waals surface area contributed by atoms with Crippen LogP contribution in [0.25, 0.3) is 6.08 Å². The lowest BCUT2D eigenvalue weighted by atomic mass is 10.2. The smallest absolute Gasteiger partial charge is 0.275 e. The number of nitrogens with one attached hydrogen (secondary N) is 2. The van der Waals surface area contributed by atoms with Gasteiger partial charge >= 0.3 is 6.03 Å². The maximum Gasteiger partial charge on any atom is 0.339 e. The van der Waals surface area contributed by atoms with Crippen LogP contribution in [0.2, 0.25) is 0 Å². The summed E-state index contributed by atoms with van der Waals surface area (Å²) in [6.07, 6.45) is 1.39. The molecule has 1 aliphatic heterocycles. The van der Waals surface area contributed by atoms with Crippen molar-refractivity contribution in [2.45, 2.75) is 0 Å². The molecule has 0 aromatic heterocycles. The Bertz CT molecular complexity index is 625. The average molecular weight is 281 g/mol. The van der Waals surface area contributed by atoms with E-state index in [0.717, 1.165) is 5.41 Å². The number of hydrogen-bond donors (Lipinski definition) is 2. The average Bonchev–Trinajstić information content (AvgIpc) is 2.66. The third kappa shape index (κ3) is 3.63. The Balaban J connectivity index is 2.05. The second kappa shape index (κ2) is 5.21. The summed E-state index contributed by atoms with van der Waals surface area (Å²) in [4.78, 5) is 24.1. The molecule has 0 bridgehead atoms. The molecule has 1 aliphatic rings. The fourth-order valence-electron chi connectivity index (χ4n) is 1.43. The van der Waals surface area contributed by atoms with E-state index in [1.165, 1.54) is 6.08 Å².